The van der Waals surface area contributed by atoms with Crippen molar-refractivity contribution in [2.24, 2.45) is 0 Å². The highest BCUT2D eigenvalue weighted by atomic mass is 19.4. The summed E-state index contributed by atoms with van der Waals surface area (Å²) in [5.41, 5.74) is 0.458. The van der Waals surface area contributed by atoms with Crippen molar-refractivity contribution in [1.82, 2.24) is 4.90 Å². The minimum Gasteiger partial charge on any atom is -0.309 e. The zero-order chi connectivity index (χ0) is 18.9. The highest BCUT2D eigenvalue weighted by Crippen LogP contribution is 2.43. The molecule has 1 unspecified atom stereocenters. The highest BCUT2D eigenvalue weighted by Gasteiger charge is 2.44. The van der Waals surface area contributed by atoms with Gasteiger partial charge in [0.25, 0.3) is 0 Å². The largest absolute Gasteiger partial charge is 0.416 e. The smallest absolute Gasteiger partial charge is 0.309 e. The van der Waals surface area contributed by atoms with E-state index in [1.54, 1.807) is 12.1 Å². The summed E-state index contributed by atoms with van der Waals surface area (Å²) in [6.07, 6.45) is -2.72. The predicted octanol–water partition coefficient (Wildman–Crippen LogP) is 4.72. The second-order valence-electron chi connectivity index (χ2n) is 7.20. The van der Waals surface area contributed by atoms with Crippen LogP contribution in [0.1, 0.15) is 39.9 Å². The number of nitrogens with zero attached hydrogens (tertiary/aromatic N) is 1. The van der Waals surface area contributed by atoms with E-state index in [-0.39, 0.29) is 5.78 Å². The van der Waals surface area contributed by atoms with Crippen LogP contribution in [0, 0.1) is 0 Å². The Bertz CT molecular complexity index is 813. The van der Waals surface area contributed by atoms with Crippen LogP contribution in [-0.2, 0) is 18.0 Å². The van der Waals surface area contributed by atoms with Gasteiger partial charge < -0.3 is 4.90 Å². The summed E-state index contributed by atoms with van der Waals surface area (Å²) in [4.78, 5) is 15.4. The lowest BCUT2D eigenvalue weighted by Crippen LogP contribution is -2.42. The molecule has 0 heterocycles. The van der Waals surface area contributed by atoms with Gasteiger partial charge in [0, 0.05) is 5.56 Å². The third kappa shape index (κ3) is 3.40. The fraction of sp³-hybridized carbons (Fsp3) is 0.381. The van der Waals surface area contributed by atoms with E-state index in [2.05, 4.69) is 0 Å². The van der Waals surface area contributed by atoms with Crippen LogP contribution in [-0.4, -0.2) is 31.3 Å². The van der Waals surface area contributed by atoms with Crippen LogP contribution in [0.25, 0.3) is 0 Å². The molecule has 1 atom stereocenters. The molecule has 0 aliphatic heterocycles. The van der Waals surface area contributed by atoms with Crippen molar-refractivity contribution < 1.29 is 18.0 Å². The first kappa shape index (κ1) is 18.6. The SMILES string of the molecule is CN(C)CCC1(c2cccc(C(F)(F)F)c2)CCc2ccccc2C1=O. The first-order valence-electron chi connectivity index (χ1n) is 8.69. The van der Waals surface area contributed by atoms with Crippen LogP contribution in [0.3, 0.4) is 0 Å². The van der Waals surface area contributed by atoms with Crippen molar-refractivity contribution in [3.8, 4) is 0 Å². The van der Waals surface area contributed by atoms with Crippen LogP contribution in [0.2, 0.25) is 0 Å². The molecule has 0 amide bonds. The number of alkyl halides is 3. The lowest BCUT2D eigenvalue weighted by molar-refractivity contribution is -0.137. The molecule has 5 heteroatoms. The monoisotopic (exact) mass is 361 g/mol. The van der Waals surface area contributed by atoms with Gasteiger partial charge in [-0.15, -0.1) is 0 Å². The fourth-order valence-electron chi connectivity index (χ4n) is 3.75. The molecule has 138 valence electrons. The molecule has 0 N–H and O–H groups in total. The maximum Gasteiger partial charge on any atom is 0.416 e. The Kier molecular flexibility index (Phi) is 4.93. The first-order valence-corrected chi connectivity index (χ1v) is 8.69. The Morgan fingerprint density at radius 1 is 1.08 bits per heavy atom. The van der Waals surface area contributed by atoms with Crippen LogP contribution in [0.15, 0.2) is 48.5 Å². The van der Waals surface area contributed by atoms with Crippen LogP contribution >= 0.6 is 0 Å². The van der Waals surface area contributed by atoms with Crippen LogP contribution in [0.4, 0.5) is 13.2 Å². The predicted molar refractivity (Wildman–Crippen MR) is 95.4 cm³/mol. The van der Waals surface area contributed by atoms with Gasteiger partial charge in [-0.05, 0) is 57.1 Å². The maximum absolute atomic E-state index is 13.4. The number of aryl methyl sites for hydroxylation is 1. The number of carbonyl (C=O) groups excluding carboxylic acids is 1. The van der Waals surface area contributed by atoms with Gasteiger partial charge in [-0.25, -0.2) is 0 Å². The van der Waals surface area contributed by atoms with Crippen molar-refractivity contribution in [1.29, 1.82) is 0 Å². The van der Waals surface area contributed by atoms with Crippen molar-refractivity contribution in [3.63, 3.8) is 0 Å². The molecular formula is C21H22F3NO. The number of benzene rings is 2. The highest BCUT2D eigenvalue weighted by molar-refractivity contribution is 6.06. The molecule has 0 bridgehead atoms. The van der Waals surface area contributed by atoms with Gasteiger partial charge in [0.2, 0.25) is 0 Å². The molecule has 26 heavy (non-hydrogen) atoms. The van der Waals surface area contributed by atoms with E-state index >= 15 is 0 Å². The summed E-state index contributed by atoms with van der Waals surface area (Å²) < 4.78 is 39.7. The Labute approximate surface area is 151 Å². The number of Topliss-reactive ketones (excluding diaryl/α,β-unsaturated/α-hetero) is 1. The average molecular weight is 361 g/mol. The van der Waals surface area contributed by atoms with Gasteiger partial charge in [-0.3, -0.25) is 4.79 Å². The lowest BCUT2D eigenvalue weighted by atomic mass is 9.64. The molecule has 0 fully saturated rings. The quantitative estimate of drug-likeness (QED) is 0.785. The zero-order valence-electron chi connectivity index (χ0n) is 14.9. The second kappa shape index (κ2) is 6.88. The minimum atomic E-state index is -4.42. The molecule has 0 saturated carbocycles. The molecule has 0 radical (unpaired) electrons. The van der Waals surface area contributed by atoms with Crippen molar-refractivity contribution in [3.05, 3.63) is 70.8 Å². The fourth-order valence-corrected chi connectivity index (χ4v) is 3.75. The summed E-state index contributed by atoms with van der Waals surface area (Å²) in [6.45, 7) is 0.629. The number of halogens is 3. The summed E-state index contributed by atoms with van der Waals surface area (Å²) in [5.74, 6) is -0.0690. The van der Waals surface area contributed by atoms with E-state index in [1.165, 1.54) is 6.07 Å². The van der Waals surface area contributed by atoms with Crippen molar-refractivity contribution in [2.45, 2.75) is 30.9 Å². The topological polar surface area (TPSA) is 20.3 Å². The molecule has 2 nitrogen and oxygen atoms in total. The number of rotatable bonds is 4. The van der Waals surface area contributed by atoms with Gasteiger partial charge in [-0.1, -0.05) is 42.5 Å². The minimum absolute atomic E-state index is 0.0690. The summed E-state index contributed by atoms with van der Waals surface area (Å²) in [6, 6.07) is 12.7. The lowest BCUT2D eigenvalue weighted by Gasteiger charge is -2.38. The van der Waals surface area contributed by atoms with E-state index in [4.69, 9.17) is 0 Å². The van der Waals surface area contributed by atoms with Gasteiger partial charge in [0.05, 0.1) is 11.0 Å². The summed E-state index contributed by atoms with van der Waals surface area (Å²) in [5, 5.41) is 0. The molecule has 3 rings (SSSR count). The third-order valence-electron chi connectivity index (χ3n) is 5.25. The number of hydrogen-bond acceptors (Lipinski definition) is 2. The van der Waals surface area contributed by atoms with E-state index in [0.29, 0.717) is 36.9 Å². The molecule has 0 saturated heterocycles. The zero-order valence-corrected chi connectivity index (χ0v) is 14.9. The molecule has 1 aliphatic rings. The second-order valence-corrected chi connectivity index (χ2v) is 7.20. The van der Waals surface area contributed by atoms with Crippen molar-refractivity contribution in [2.75, 3.05) is 20.6 Å². The van der Waals surface area contributed by atoms with Gasteiger partial charge in [0.1, 0.15) is 0 Å². The first-order chi connectivity index (χ1) is 12.2. The Morgan fingerprint density at radius 3 is 2.50 bits per heavy atom. The normalized spacial score (nSPS) is 20.3. The standard InChI is InChI=1S/C21H22F3NO/c1-25(2)13-12-20(16-7-5-8-17(14-16)21(22,23)24)11-10-15-6-3-4-9-18(15)19(20)26/h3-9,14H,10-13H2,1-2H3. The molecule has 0 spiro atoms. The molecule has 1 aliphatic carbocycles. The van der Waals surface area contributed by atoms with E-state index in [1.807, 2.05) is 37.2 Å². The Morgan fingerprint density at radius 2 is 1.81 bits per heavy atom. The average Bonchev–Trinajstić information content (AvgIpc) is 2.61. The van der Waals surface area contributed by atoms with Crippen molar-refractivity contribution >= 4 is 5.78 Å². The Hall–Kier alpha value is -2.14. The number of hydrogen-bond donors (Lipinski definition) is 0. The molecule has 2 aromatic rings. The Balaban J connectivity index is 2.11. The van der Waals surface area contributed by atoms with Gasteiger partial charge in [-0.2, -0.15) is 13.2 Å². The summed E-state index contributed by atoms with van der Waals surface area (Å²) in [7, 11) is 3.81. The van der Waals surface area contributed by atoms with Gasteiger partial charge >= 0.3 is 6.18 Å². The number of ketones is 1. The van der Waals surface area contributed by atoms with E-state index in [0.717, 1.165) is 17.7 Å². The van der Waals surface area contributed by atoms with E-state index in [9.17, 15) is 18.0 Å². The molecule has 0 aromatic heterocycles. The van der Waals surface area contributed by atoms with Gasteiger partial charge in [0.15, 0.2) is 5.78 Å². The van der Waals surface area contributed by atoms with E-state index < -0.39 is 17.2 Å². The number of fused-ring (bicyclic) bond motifs is 1. The third-order valence-corrected chi connectivity index (χ3v) is 5.25. The number of carbonyl (C=O) groups is 1. The van der Waals surface area contributed by atoms with Crippen LogP contribution in [0.5, 0.6) is 0 Å². The molecule has 2 aromatic carbocycles. The molecular weight excluding hydrogens is 339 g/mol. The van der Waals surface area contributed by atoms with Crippen LogP contribution < -0.4 is 0 Å². The maximum atomic E-state index is 13.4. The summed E-state index contributed by atoms with van der Waals surface area (Å²) >= 11 is 0.